The lowest BCUT2D eigenvalue weighted by Crippen LogP contribution is -2.46. The van der Waals surface area contributed by atoms with Crippen molar-refractivity contribution >= 4 is 23.2 Å². The normalized spacial score (nSPS) is 17.3. The summed E-state index contributed by atoms with van der Waals surface area (Å²) in [5.74, 6) is 0. The Bertz CT molecular complexity index is 462. The van der Waals surface area contributed by atoms with Gasteiger partial charge in [-0.3, -0.25) is 9.80 Å². The molecule has 1 aliphatic rings. The summed E-state index contributed by atoms with van der Waals surface area (Å²) >= 11 is 12.2. The Morgan fingerprint density at radius 2 is 1.79 bits per heavy atom. The number of hydrogen-bond donors (Lipinski definition) is 0. The summed E-state index contributed by atoms with van der Waals surface area (Å²) in [6, 6.07) is 7.97. The van der Waals surface area contributed by atoms with Crippen molar-refractivity contribution in [2.75, 3.05) is 32.7 Å². The molecule has 1 aromatic rings. The van der Waals surface area contributed by atoms with Crippen LogP contribution in [0.5, 0.6) is 0 Å². The molecule has 102 valence electrons. The molecule has 0 atom stereocenters. The third-order valence-corrected chi connectivity index (χ3v) is 4.29. The van der Waals surface area contributed by atoms with Crippen LogP contribution in [0.3, 0.4) is 0 Å². The van der Waals surface area contributed by atoms with E-state index in [1.54, 1.807) is 0 Å². The van der Waals surface area contributed by atoms with Gasteiger partial charge in [0.1, 0.15) is 0 Å². The Kier molecular flexibility index (Phi) is 5.47. The monoisotopic (exact) mass is 297 g/mol. The van der Waals surface area contributed by atoms with Gasteiger partial charge < -0.3 is 0 Å². The maximum Gasteiger partial charge on any atom is 0.0637 e. The smallest absolute Gasteiger partial charge is 0.0637 e. The minimum atomic E-state index is 0.611. The van der Waals surface area contributed by atoms with Gasteiger partial charge in [0.2, 0.25) is 0 Å². The van der Waals surface area contributed by atoms with Crippen LogP contribution in [-0.2, 0) is 6.54 Å². The van der Waals surface area contributed by atoms with Crippen molar-refractivity contribution in [3.8, 4) is 6.07 Å². The van der Waals surface area contributed by atoms with E-state index in [2.05, 4.69) is 15.9 Å². The molecule has 0 aliphatic carbocycles. The van der Waals surface area contributed by atoms with Crippen molar-refractivity contribution in [1.82, 2.24) is 9.80 Å². The molecular weight excluding hydrogens is 281 g/mol. The van der Waals surface area contributed by atoms with Crippen LogP contribution in [0.15, 0.2) is 18.2 Å². The molecule has 19 heavy (non-hydrogen) atoms. The summed E-state index contributed by atoms with van der Waals surface area (Å²) in [7, 11) is 0. The van der Waals surface area contributed by atoms with E-state index >= 15 is 0 Å². The van der Waals surface area contributed by atoms with E-state index in [4.69, 9.17) is 28.5 Å². The maximum absolute atomic E-state index is 8.59. The van der Waals surface area contributed by atoms with Gasteiger partial charge in [-0.15, -0.1) is 0 Å². The van der Waals surface area contributed by atoms with Crippen molar-refractivity contribution in [1.29, 1.82) is 5.26 Å². The van der Waals surface area contributed by atoms with Crippen molar-refractivity contribution < 1.29 is 0 Å². The average Bonchev–Trinajstić information content (AvgIpc) is 2.43. The average molecular weight is 298 g/mol. The summed E-state index contributed by atoms with van der Waals surface area (Å²) in [5, 5.41) is 9.87. The fraction of sp³-hybridized carbons (Fsp3) is 0.500. The van der Waals surface area contributed by atoms with Gasteiger partial charge in [-0.2, -0.15) is 5.26 Å². The lowest BCUT2D eigenvalue weighted by Gasteiger charge is -2.34. The molecule has 5 heteroatoms. The molecule has 0 amide bonds. The standard InChI is InChI=1S/C14H17Cl2N3/c15-13-4-1-3-12(14(13)16)11-19-9-7-18(8-10-19)6-2-5-17/h1,3-4H,2,6-11H2. The van der Waals surface area contributed by atoms with Crippen LogP contribution in [0.25, 0.3) is 0 Å². The first-order valence-electron chi connectivity index (χ1n) is 6.45. The molecule has 3 nitrogen and oxygen atoms in total. The molecule has 1 aliphatic heterocycles. The third kappa shape index (κ3) is 4.09. The van der Waals surface area contributed by atoms with E-state index in [1.807, 2.05) is 18.2 Å². The molecule has 0 radical (unpaired) electrons. The van der Waals surface area contributed by atoms with E-state index < -0.39 is 0 Å². The zero-order chi connectivity index (χ0) is 13.7. The maximum atomic E-state index is 8.59. The van der Waals surface area contributed by atoms with Crippen molar-refractivity contribution in [3.05, 3.63) is 33.8 Å². The molecule has 0 spiro atoms. The van der Waals surface area contributed by atoms with Gasteiger partial charge in [-0.05, 0) is 11.6 Å². The number of rotatable bonds is 4. The van der Waals surface area contributed by atoms with Crippen LogP contribution in [0, 0.1) is 11.3 Å². The van der Waals surface area contributed by atoms with E-state index in [-0.39, 0.29) is 0 Å². The highest BCUT2D eigenvalue weighted by molar-refractivity contribution is 6.42. The third-order valence-electron chi connectivity index (χ3n) is 3.43. The second-order valence-corrected chi connectivity index (χ2v) is 5.52. The highest BCUT2D eigenvalue weighted by Crippen LogP contribution is 2.26. The van der Waals surface area contributed by atoms with Crippen LogP contribution in [-0.4, -0.2) is 42.5 Å². The predicted octanol–water partition coefficient (Wildman–Crippen LogP) is 3.02. The first kappa shape index (κ1) is 14.6. The Morgan fingerprint density at radius 1 is 1.11 bits per heavy atom. The largest absolute Gasteiger partial charge is 0.300 e. The molecule has 1 saturated heterocycles. The first-order chi connectivity index (χ1) is 9.20. The first-order valence-corrected chi connectivity index (χ1v) is 7.21. The van der Waals surface area contributed by atoms with Crippen molar-refractivity contribution in [2.45, 2.75) is 13.0 Å². The van der Waals surface area contributed by atoms with Crippen LogP contribution >= 0.6 is 23.2 Å². The fourth-order valence-corrected chi connectivity index (χ4v) is 2.67. The van der Waals surface area contributed by atoms with E-state index in [1.165, 1.54) is 0 Å². The number of piperazine rings is 1. The molecule has 1 aromatic carbocycles. The topological polar surface area (TPSA) is 30.3 Å². The molecule has 0 unspecified atom stereocenters. The number of nitrogens with zero attached hydrogens (tertiary/aromatic N) is 3. The molecule has 0 N–H and O–H groups in total. The summed E-state index contributed by atoms with van der Waals surface area (Å²) in [6.45, 7) is 5.76. The zero-order valence-electron chi connectivity index (χ0n) is 10.8. The molecule has 1 fully saturated rings. The van der Waals surface area contributed by atoms with Crippen LogP contribution in [0.2, 0.25) is 10.0 Å². The zero-order valence-corrected chi connectivity index (χ0v) is 12.3. The molecule has 0 aromatic heterocycles. The number of halogens is 2. The van der Waals surface area contributed by atoms with E-state index in [0.29, 0.717) is 16.5 Å². The second-order valence-electron chi connectivity index (χ2n) is 4.74. The van der Waals surface area contributed by atoms with Gasteiger partial charge in [0, 0.05) is 45.7 Å². The summed E-state index contributed by atoms with van der Waals surface area (Å²) in [6.07, 6.45) is 0.611. The quantitative estimate of drug-likeness (QED) is 0.856. The van der Waals surface area contributed by atoms with Gasteiger partial charge in [0.25, 0.3) is 0 Å². The Labute approximate surface area is 124 Å². The van der Waals surface area contributed by atoms with Crippen molar-refractivity contribution in [3.63, 3.8) is 0 Å². The second kappa shape index (κ2) is 7.12. The number of benzene rings is 1. The minimum absolute atomic E-state index is 0.611. The van der Waals surface area contributed by atoms with Crippen LogP contribution < -0.4 is 0 Å². The van der Waals surface area contributed by atoms with E-state index in [0.717, 1.165) is 44.8 Å². The lowest BCUT2D eigenvalue weighted by atomic mass is 10.2. The predicted molar refractivity (Wildman–Crippen MR) is 78.4 cm³/mol. The SMILES string of the molecule is N#CCCN1CCN(Cc2cccc(Cl)c2Cl)CC1. The van der Waals surface area contributed by atoms with Crippen LogP contribution in [0.1, 0.15) is 12.0 Å². The Balaban J connectivity index is 1.86. The van der Waals surface area contributed by atoms with Crippen molar-refractivity contribution in [2.24, 2.45) is 0 Å². The van der Waals surface area contributed by atoms with Gasteiger partial charge >= 0.3 is 0 Å². The molecule has 2 rings (SSSR count). The highest BCUT2D eigenvalue weighted by Gasteiger charge is 2.17. The highest BCUT2D eigenvalue weighted by atomic mass is 35.5. The summed E-state index contributed by atoms with van der Waals surface area (Å²) in [4.78, 5) is 4.71. The molecule has 0 saturated carbocycles. The molecular formula is C14H17Cl2N3. The Hall–Kier alpha value is -0.790. The van der Waals surface area contributed by atoms with Gasteiger partial charge in [0.15, 0.2) is 0 Å². The van der Waals surface area contributed by atoms with Crippen LogP contribution in [0.4, 0.5) is 0 Å². The Morgan fingerprint density at radius 3 is 2.47 bits per heavy atom. The van der Waals surface area contributed by atoms with Gasteiger partial charge in [-0.25, -0.2) is 0 Å². The summed E-state index contributed by atoms with van der Waals surface area (Å²) in [5.41, 5.74) is 1.08. The lowest BCUT2D eigenvalue weighted by molar-refractivity contribution is 0.129. The number of hydrogen-bond acceptors (Lipinski definition) is 3. The summed E-state index contributed by atoms with van der Waals surface area (Å²) < 4.78 is 0. The molecule has 0 bridgehead atoms. The minimum Gasteiger partial charge on any atom is -0.300 e. The molecule has 1 heterocycles. The number of nitriles is 1. The van der Waals surface area contributed by atoms with E-state index in [9.17, 15) is 0 Å². The van der Waals surface area contributed by atoms with Gasteiger partial charge in [-0.1, -0.05) is 35.3 Å². The fourth-order valence-electron chi connectivity index (χ4n) is 2.29. The van der Waals surface area contributed by atoms with Gasteiger partial charge in [0.05, 0.1) is 16.1 Å².